The van der Waals surface area contributed by atoms with E-state index in [0.29, 0.717) is 5.56 Å². The lowest BCUT2D eigenvalue weighted by Gasteiger charge is -2.46. The zero-order chi connectivity index (χ0) is 14.2. The summed E-state index contributed by atoms with van der Waals surface area (Å²) in [6, 6.07) is 13.0. The van der Waals surface area contributed by atoms with Crippen molar-refractivity contribution < 1.29 is 13.9 Å². The quantitative estimate of drug-likeness (QED) is 0.892. The molecule has 0 aliphatic heterocycles. The number of rotatable bonds is 3. The van der Waals surface area contributed by atoms with Crippen molar-refractivity contribution in [3.63, 3.8) is 0 Å². The average molecular weight is 274 g/mol. The summed E-state index contributed by atoms with van der Waals surface area (Å²) in [7, 11) is 0. The molecular weight excluding hydrogens is 258 g/mol. The van der Waals surface area contributed by atoms with E-state index in [1.165, 1.54) is 12.1 Å². The molecule has 0 saturated heterocycles. The summed E-state index contributed by atoms with van der Waals surface area (Å²) in [5, 5.41) is 10.7. The molecular formula is C17H16F2O. The predicted molar refractivity (Wildman–Crippen MR) is 73.3 cm³/mol. The molecule has 0 spiro atoms. The first-order chi connectivity index (χ1) is 9.62. The van der Waals surface area contributed by atoms with E-state index in [2.05, 4.69) is 0 Å². The van der Waals surface area contributed by atoms with Gasteiger partial charge in [-0.15, -0.1) is 0 Å². The Labute approximate surface area is 116 Å². The van der Waals surface area contributed by atoms with Crippen LogP contribution in [0.25, 0.3) is 0 Å². The highest BCUT2D eigenvalue weighted by Gasteiger charge is 2.45. The summed E-state index contributed by atoms with van der Waals surface area (Å²) in [5.74, 6) is -1.30. The summed E-state index contributed by atoms with van der Waals surface area (Å²) in [4.78, 5) is 0. The third kappa shape index (κ3) is 2.12. The smallest absolute Gasteiger partial charge is 0.126 e. The molecule has 1 unspecified atom stereocenters. The van der Waals surface area contributed by atoms with Crippen molar-refractivity contribution in [1.29, 1.82) is 0 Å². The van der Waals surface area contributed by atoms with Crippen molar-refractivity contribution in [2.45, 2.75) is 30.8 Å². The monoisotopic (exact) mass is 274 g/mol. The molecule has 0 radical (unpaired) electrons. The Morgan fingerprint density at radius 1 is 0.950 bits per heavy atom. The van der Waals surface area contributed by atoms with Gasteiger partial charge in [-0.05, 0) is 36.1 Å². The van der Waals surface area contributed by atoms with Gasteiger partial charge in [-0.2, -0.15) is 0 Å². The van der Waals surface area contributed by atoms with Crippen LogP contribution in [0.2, 0.25) is 0 Å². The summed E-state index contributed by atoms with van der Waals surface area (Å²) >= 11 is 0. The first kappa shape index (κ1) is 13.3. The van der Waals surface area contributed by atoms with E-state index in [4.69, 9.17) is 0 Å². The zero-order valence-corrected chi connectivity index (χ0v) is 11.0. The SMILES string of the molecule is OC(c1cc(F)cc(F)c1)C1(c2ccccc2)CCC1. The summed E-state index contributed by atoms with van der Waals surface area (Å²) in [5.41, 5.74) is 0.927. The molecule has 0 aromatic heterocycles. The average Bonchev–Trinajstić information content (AvgIpc) is 2.37. The maximum Gasteiger partial charge on any atom is 0.126 e. The predicted octanol–water partition coefficient (Wildman–Crippen LogP) is 4.12. The van der Waals surface area contributed by atoms with Gasteiger partial charge in [0.25, 0.3) is 0 Å². The van der Waals surface area contributed by atoms with Crippen molar-refractivity contribution in [2.24, 2.45) is 0 Å². The maximum absolute atomic E-state index is 13.3. The minimum atomic E-state index is -0.885. The molecule has 2 aromatic rings. The van der Waals surface area contributed by atoms with Crippen LogP contribution >= 0.6 is 0 Å². The lowest BCUT2D eigenvalue weighted by Crippen LogP contribution is -2.40. The number of hydrogen-bond acceptors (Lipinski definition) is 1. The van der Waals surface area contributed by atoms with Gasteiger partial charge in [0.2, 0.25) is 0 Å². The third-order valence-electron chi connectivity index (χ3n) is 4.32. The molecule has 2 aromatic carbocycles. The minimum Gasteiger partial charge on any atom is -0.387 e. The van der Waals surface area contributed by atoms with Gasteiger partial charge in [0.15, 0.2) is 0 Å². The van der Waals surface area contributed by atoms with Crippen LogP contribution in [0.3, 0.4) is 0 Å². The van der Waals surface area contributed by atoms with Gasteiger partial charge >= 0.3 is 0 Å². The van der Waals surface area contributed by atoms with Crippen LogP contribution in [-0.4, -0.2) is 5.11 Å². The van der Waals surface area contributed by atoms with Crippen molar-refractivity contribution in [1.82, 2.24) is 0 Å². The van der Waals surface area contributed by atoms with E-state index in [1.807, 2.05) is 30.3 Å². The first-order valence-corrected chi connectivity index (χ1v) is 6.81. The fourth-order valence-electron chi connectivity index (χ4n) is 3.10. The highest BCUT2D eigenvalue weighted by atomic mass is 19.1. The highest BCUT2D eigenvalue weighted by molar-refractivity contribution is 5.34. The minimum absolute atomic E-state index is 0.311. The standard InChI is InChI=1S/C17H16F2O/c18-14-9-12(10-15(19)11-14)16(20)17(7-4-8-17)13-5-2-1-3-6-13/h1-3,5-6,9-11,16,20H,4,7-8H2. The molecule has 104 valence electrons. The second kappa shape index (κ2) is 4.98. The van der Waals surface area contributed by atoms with Gasteiger partial charge < -0.3 is 5.11 Å². The van der Waals surface area contributed by atoms with E-state index in [-0.39, 0.29) is 0 Å². The normalized spacial score (nSPS) is 18.4. The van der Waals surface area contributed by atoms with Crippen LogP contribution in [-0.2, 0) is 5.41 Å². The molecule has 1 aliphatic rings. The van der Waals surface area contributed by atoms with Crippen molar-refractivity contribution in [3.05, 3.63) is 71.3 Å². The molecule has 1 N–H and O–H groups in total. The number of benzene rings is 2. The summed E-state index contributed by atoms with van der Waals surface area (Å²) in [6.07, 6.45) is 1.79. The largest absolute Gasteiger partial charge is 0.387 e. The molecule has 0 heterocycles. The number of aliphatic hydroxyl groups is 1. The Kier molecular flexibility index (Phi) is 3.30. The van der Waals surface area contributed by atoms with E-state index >= 15 is 0 Å². The van der Waals surface area contributed by atoms with Crippen LogP contribution in [0, 0.1) is 11.6 Å². The molecule has 3 rings (SSSR count). The van der Waals surface area contributed by atoms with Crippen LogP contribution in [0.5, 0.6) is 0 Å². The zero-order valence-electron chi connectivity index (χ0n) is 11.0. The van der Waals surface area contributed by atoms with Gasteiger partial charge in [0.05, 0.1) is 6.10 Å². The molecule has 1 nitrogen and oxygen atoms in total. The second-order valence-electron chi connectivity index (χ2n) is 5.48. The molecule has 0 amide bonds. The molecule has 20 heavy (non-hydrogen) atoms. The summed E-state index contributed by atoms with van der Waals surface area (Å²) in [6.45, 7) is 0. The van der Waals surface area contributed by atoms with Crippen molar-refractivity contribution >= 4 is 0 Å². The Bertz CT molecular complexity index is 585. The maximum atomic E-state index is 13.3. The molecule has 0 bridgehead atoms. The summed E-state index contributed by atoms with van der Waals surface area (Å²) < 4.78 is 26.7. The second-order valence-corrected chi connectivity index (χ2v) is 5.48. The number of halogens is 2. The molecule has 3 heteroatoms. The Morgan fingerprint density at radius 2 is 1.55 bits per heavy atom. The van der Waals surface area contributed by atoms with Crippen LogP contribution in [0.4, 0.5) is 8.78 Å². The molecule has 1 fully saturated rings. The lowest BCUT2D eigenvalue weighted by molar-refractivity contribution is 0.0264. The topological polar surface area (TPSA) is 20.2 Å². The van der Waals surface area contributed by atoms with Crippen LogP contribution in [0.1, 0.15) is 36.5 Å². The van der Waals surface area contributed by atoms with Gasteiger partial charge in [-0.3, -0.25) is 0 Å². The molecule has 1 atom stereocenters. The lowest BCUT2D eigenvalue weighted by atomic mass is 9.60. The van der Waals surface area contributed by atoms with Crippen LogP contribution in [0.15, 0.2) is 48.5 Å². The number of aliphatic hydroxyl groups excluding tert-OH is 1. The highest BCUT2D eigenvalue weighted by Crippen LogP contribution is 2.52. The van der Waals surface area contributed by atoms with Crippen molar-refractivity contribution in [3.8, 4) is 0 Å². The van der Waals surface area contributed by atoms with Crippen LogP contribution < -0.4 is 0 Å². The first-order valence-electron chi connectivity index (χ1n) is 6.81. The van der Waals surface area contributed by atoms with E-state index in [9.17, 15) is 13.9 Å². The third-order valence-corrected chi connectivity index (χ3v) is 4.32. The van der Waals surface area contributed by atoms with E-state index in [1.54, 1.807) is 0 Å². The van der Waals surface area contributed by atoms with Gasteiger partial charge in [0.1, 0.15) is 11.6 Å². The molecule has 1 saturated carbocycles. The Hall–Kier alpha value is -1.74. The van der Waals surface area contributed by atoms with E-state index < -0.39 is 23.2 Å². The molecule has 1 aliphatic carbocycles. The Balaban J connectivity index is 2.01. The number of hydrogen-bond donors (Lipinski definition) is 1. The van der Waals surface area contributed by atoms with Gasteiger partial charge in [0, 0.05) is 11.5 Å². The van der Waals surface area contributed by atoms with Gasteiger partial charge in [-0.25, -0.2) is 8.78 Å². The fourth-order valence-corrected chi connectivity index (χ4v) is 3.10. The van der Waals surface area contributed by atoms with Crippen molar-refractivity contribution in [2.75, 3.05) is 0 Å². The fraction of sp³-hybridized carbons (Fsp3) is 0.294. The Morgan fingerprint density at radius 3 is 2.05 bits per heavy atom. The van der Waals surface area contributed by atoms with E-state index in [0.717, 1.165) is 30.9 Å². The van der Waals surface area contributed by atoms with Gasteiger partial charge in [-0.1, -0.05) is 36.8 Å².